The van der Waals surface area contributed by atoms with Gasteiger partial charge < -0.3 is 0 Å². The summed E-state index contributed by atoms with van der Waals surface area (Å²) in [6, 6.07) is 36.1. The third kappa shape index (κ3) is 5.38. The van der Waals surface area contributed by atoms with Crippen LogP contribution in [0.1, 0.15) is 27.7 Å². The Hall–Kier alpha value is -5.02. The second kappa shape index (κ2) is 12.8. The van der Waals surface area contributed by atoms with Crippen LogP contribution in [0, 0.1) is 0 Å². The molecular formula is C45H44N6P2. The van der Waals surface area contributed by atoms with Gasteiger partial charge in [0.25, 0.3) is 0 Å². The minimum absolute atomic E-state index is 0.329. The van der Waals surface area contributed by atoms with Gasteiger partial charge in [0, 0.05) is 0 Å². The van der Waals surface area contributed by atoms with E-state index in [1.807, 2.05) is 43.0 Å². The summed E-state index contributed by atoms with van der Waals surface area (Å²) in [5.41, 5.74) is 9.56. The standard InChI is InChI=1S/C45H44N6P2/c1-28(2)52-42-22-32-14-10-16-46-34(32)24-39(42)51(6)41-25-35-33(15-11-17-47-35)23-44(41)53(7,29(3)4)45-27-37-31(13-9-19-49-37)21-40(45)50(5)38-20-30-12-8-18-48-36(30)26-43(38)52/h8-29,53H,1-7H3. The number of rotatable bonds is 2. The Balaban J connectivity index is 1.50. The van der Waals surface area contributed by atoms with Crippen LogP contribution in [0.3, 0.4) is 0 Å². The molecule has 8 aromatic rings. The monoisotopic (exact) mass is 730 g/mol. The fourth-order valence-corrected chi connectivity index (χ4v) is 15.2. The first kappa shape index (κ1) is 33.8. The summed E-state index contributed by atoms with van der Waals surface area (Å²) in [6.07, 6.45) is 7.64. The molecule has 0 spiro atoms. The van der Waals surface area contributed by atoms with Gasteiger partial charge in [0.05, 0.1) is 0 Å². The van der Waals surface area contributed by atoms with Crippen LogP contribution in [0.2, 0.25) is 0 Å². The molecule has 0 fully saturated rings. The predicted octanol–water partition coefficient (Wildman–Crippen LogP) is 9.31. The van der Waals surface area contributed by atoms with Gasteiger partial charge in [-0.05, 0) is 0 Å². The zero-order valence-electron chi connectivity index (χ0n) is 31.3. The molecule has 0 saturated carbocycles. The maximum atomic E-state index is 4.94. The molecule has 0 saturated heterocycles. The summed E-state index contributed by atoms with van der Waals surface area (Å²) in [6.45, 7) is 12.1. The second-order valence-electron chi connectivity index (χ2n) is 15.1. The molecular weight excluding hydrogens is 686 g/mol. The summed E-state index contributed by atoms with van der Waals surface area (Å²) in [5, 5.41) is 10.0. The van der Waals surface area contributed by atoms with Crippen LogP contribution < -0.4 is 31.0 Å². The van der Waals surface area contributed by atoms with Gasteiger partial charge in [0.2, 0.25) is 0 Å². The summed E-state index contributed by atoms with van der Waals surface area (Å²) in [7, 11) is 1.02. The molecule has 6 nitrogen and oxygen atoms in total. The zero-order valence-corrected chi connectivity index (χ0v) is 33.2. The number of anilines is 4. The van der Waals surface area contributed by atoms with Gasteiger partial charge in [-0.25, -0.2) is 0 Å². The molecule has 1 atom stereocenters. The van der Waals surface area contributed by atoms with Crippen LogP contribution in [-0.2, 0) is 0 Å². The van der Waals surface area contributed by atoms with Gasteiger partial charge in [0.15, 0.2) is 0 Å². The van der Waals surface area contributed by atoms with Crippen molar-refractivity contribution in [2.45, 2.75) is 39.0 Å². The van der Waals surface area contributed by atoms with Crippen molar-refractivity contribution in [3.63, 3.8) is 0 Å². The first-order valence-corrected chi connectivity index (χ1v) is 22.4. The summed E-state index contributed by atoms with van der Waals surface area (Å²) < 4.78 is 0. The Morgan fingerprint density at radius 1 is 0.491 bits per heavy atom. The molecule has 0 aliphatic carbocycles. The van der Waals surface area contributed by atoms with Crippen molar-refractivity contribution in [1.29, 1.82) is 0 Å². The molecule has 264 valence electrons. The molecule has 1 aliphatic rings. The average molecular weight is 731 g/mol. The first-order valence-electron chi connectivity index (χ1n) is 18.5. The van der Waals surface area contributed by atoms with Crippen molar-refractivity contribution < 1.29 is 0 Å². The average Bonchev–Trinajstić information content (AvgIpc) is 3.18. The van der Waals surface area contributed by atoms with Crippen molar-refractivity contribution >= 4 is 103 Å². The molecule has 1 aliphatic heterocycles. The molecule has 5 heterocycles. The molecule has 8 heteroatoms. The van der Waals surface area contributed by atoms with Crippen LogP contribution in [0.5, 0.6) is 0 Å². The number of nitrogens with zero attached hydrogens (tertiary/aromatic N) is 6. The van der Waals surface area contributed by atoms with Crippen LogP contribution in [0.15, 0.2) is 122 Å². The maximum absolute atomic E-state index is 4.94. The van der Waals surface area contributed by atoms with Crippen molar-refractivity contribution in [3.05, 3.63) is 122 Å². The number of pyridine rings is 4. The van der Waals surface area contributed by atoms with Crippen LogP contribution >= 0.6 is 15.2 Å². The normalized spacial score (nSPS) is 16.3. The van der Waals surface area contributed by atoms with E-state index in [-0.39, 0.29) is 0 Å². The Morgan fingerprint density at radius 3 is 1.43 bits per heavy atom. The SMILES string of the molecule is CC(C)P1c2cc3cccnc3cc2N(C)c2cc3ncccc3cc2[PH](C)(C(C)C)c2cc3ncccc3cc2N(C)c2cc3cccnc3cc21. The topological polar surface area (TPSA) is 58.0 Å². The van der Waals surface area contributed by atoms with Gasteiger partial charge in [-0.1, -0.05) is 0 Å². The molecule has 1 unspecified atom stereocenters. The Labute approximate surface area is 313 Å². The van der Waals surface area contributed by atoms with E-state index < -0.39 is 15.2 Å². The van der Waals surface area contributed by atoms with Crippen molar-refractivity contribution in [1.82, 2.24) is 19.9 Å². The van der Waals surface area contributed by atoms with E-state index in [4.69, 9.17) is 19.9 Å². The van der Waals surface area contributed by atoms with E-state index in [0.29, 0.717) is 11.3 Å². The third-order valence-electron chi connectivity index (χ3n) is 11.6. The van der Waals surface area contributed by atoms with E-state index in [1.165, 1.54) is 44.0 Å². The van der Waals surface area contributed by atoms with Crippen molar-refractivity contribution in [2.75, 3.05) is 30.6 Å². The molecule has 0 amide bonds. The van der Waals surface area contributed by atoms with Gasteiger partial charge in [0.1, 0.15) is 0 Å². The number of benzene rings is 4. The van der Waals surface area contributed by atoms with E-state index in [9.17, 15) is 0 Å². The molecule has 0 bridgehead atoms. The van der Waals surface area contributed by atoms with Gasteiger partial charge in [-0.3, -0.25) is 0 Å². The Morgan fingerprint density at radius 2 is 0.887 bits per heavy atom. The fourth-order valence-electron chi connectivity index (χ4n) is 8.44. The fraction of sp³-hybridized carbons (Fsp3) is 0.200. The van der Waals surface area contributed by atoms with Crippen LogP contribution in [-0.4, -0.2) is 52.0 Å². The number of hydrogen-bond donors (Lipinski definition) is 0. The molecule has 9 rings (SSSR count). The summed E-state index contributed by atoms with van der Waals surface area (Å²) in [4.78, 5) is 24.6. The Kier molecular flexibility index (Phi) is 8.18. The summed E-state index contributed by atoms with van der Waals surface area (Å²) in [5.74, 6) is 0. The minimum atomic E-state index is -2.61. The molecule has 4 aromatic carbocycles. The van der Waals surface area contributed by atoms with E-state index >= 15 is 0 Å². The second-order valence-corrected chi connectivity index (χ2v) is 22.5. The summed E-state index contributed by atoms with van der Waals surface area (Å²) >= 11 is 0. The Bertz CT molecular complexity index is 2550. The van der Waals surface area contributed by atoms with E-state index in [2.05, 4.69) is 137 Å². The molecule has 4 aromatic heterocycles. The molecule has 0 N–H and O–H groups in total. The van der Waals surface area contributed by atoms with Gasteiger partial charge in [-0.2, -0.15) is 0 Å². The predicted molar refractivity (Wildman–Crippen MR) is 233 cm³/mol. The zero-order chi connectivity index (χ0) is 36.6. The molecule has 0 radical (unpaired) electrons. The number of aromatic nitrogens is 4. The third-order valence-corrected chi connectivity index (χ3v) is 19.7. The number of fused-ring (bicyclic) bond motifs is 8. The van der Waals surface area contributed by atoms with Crippen molar-refractivity contribution in [2.24, 2.45) is 0 Å². The van der Waals surface area contributed by atoms with Crippen LogP contribution in [0.25, 0.3) is 43.6 Å². The van der Waals surface area contributed by atoms with Crippen LogP contribution in [0.4, 0.5) is 22.7 Å². The molecule has 53 heavy (non-hydrogen) atoms. The van der Waals surface area contributed by atoms with E-state index in [0.717, 1.165) is 43.6 Å². The quantitative estimate of drug-likeness (QED) is 0.165. The van der Waals surface area contributed by atoms with E-state index in [1.54, 1.807) is 0 Å². The van der Waals surface area contributed by atoms with Gasteiger partial charge >= 0.3 is 314 Å². The van der Waals surface area contributed by atoms with Crippen molar-refractivity contribution in [3.8, 4) is 0 Å². The number of hydrogen-bond acceptors (Lipinski definition) is 6. The van der Waals surface area contributed by atoms with Gasteiger partial charge in [-0.15, -0.1) is 0 Å². The first-order chi connectivity index (χ1) is 25.6.